The van der Waals surface area contributed by atoms with Crippen molar-refractivity contribution in [2.24, 2.45) is 0 Å². The Hall–Kier alpha value is -7.36. The number of hydrogen-bond acceptors (Lipinski definition) is 2. The molecule has 0 spiro atoms. The second-order valence-corrected chi connectivity index (χ2v) is 16.1. The number of anilines is 3. The van der Waals surface area contributed by atoms with E-state index >= 15 is 0 Å². The third-order valence-electron chi connectivity index (χ3n) is 12.6. The van der Waals surface area contributed by atoms with Gasteiger partial charge in [-0.15, -0.1) is 0 Å². The Kier molecular flexibility index (Phi) is 6.98. The van der Waals surface area contributed by atoms with E-state index in [9.17, 15) is 0 Å². The predicted molar refractivity (Wildman–Crippen MR) is 241 cm³/mol. The normalized spacial score (nSPS) is 13.3. The van der Waals surface area contributed by atoms with E-state index in [4.69, 9.17) is 4.74 Å². The van der Waals surface area contributed by atoms with E-state index in [0.29, 0.717) is 0 Å². The molecule has 0 radical (unpaired) electrons. The molecule has 0 N–H and O–H groups in total. The fourth-order valence-electron chi connectivity index (χ4n) is 9.83. The first-order chi connectivity index (χ1) is 28.5. The molecule has 3 heteroatoms. The molecule has 1 aliphatic carbocycles. The van der Waals surface area contributed by atoms with Gasteiger partial charge in [0.05, 0.1) is 16.7 Å². The Morgan fingerprint density at radius 1 is 0.431 bits per heavy atom. The molecule has 58 heavy (non-hydrogen) atoms. The molecule has 1 aromatic heterocycles. The Balaban J connectivity index is 1.10. The number of ether oxygens (including phenoxy) is 1. The average Bonchev–Trinajstić information content (AvgIpc) is 3.72. The van der Waals surface area contributed by atoms with Gasteiger partial charge in [-0.2, -0.15) is 0 Å². The van der Waals surface area contributed by atoms with Crippen molar-refractivity contribution in [3.8, 4) is 50.6 Å². The molecule has 0 bridgehead atoms. The molecule has 0 atom stereocenters. The first kappa shape index (κ1) is 32.8. The molecular formula is C55H38N2O. The minimum atomic E-state index is -0.145. The zero-order valence-electron chi connectivity index (χ0n) is 32.3. The largest absolute Gasteiger partial charge is 0.456 e. The van der Waals surface area contributed by atoms with Crippen molar-refractivity contribution in [1.29, 1.82) is 0 Å². The number of para-hydroxylation sites is 2. The van der Waals surface area contributed by atoms with Crippen LogP contribution in [0.5, 0.6) is 11.5 Å². The molecule has 0 unspecified atom stereocenters. The molecule has 0 saturated carbocycles. The third-order valence-corrected chi connectivity index (χ3v) is 12.6. The van der Waals surface area contributed by atoms with Gasteiger partial charge in [-0.05, 0) is 99.6 Å². The number of hydrogen-bond donors (Lipinski definition) is 0. The maximum absolute atomic E-state index is 6.59. The summed E-state index contributed by atoms with van der Waals surface area (Å²) < 4.78 is 9.01. The van der Waals surface area contributed by atoms with Gasteiger partial charge < -0.3 is 14.2 Å². The van der Waals surface area contributed by atoms with Crippen molar-refractivity contribution < 1.29 is 4.74 Å². The van der Waals surface area contributed by atoms with Crippen LogP contribution in [-0.2, 0) is 5.41 Å². The Morgan fingerprint density at radius 3 is 1.95 bits per heavy atom. The van der Waals surface area contributed by atoms with E-state index < -0.39 is 0 Å². The van der Waals surface area contributed by atoms with Gasteiger partial charge in [0.1, 0.15) is 11.5 Å². The molecule has 10 aromatic rings. The van der Waals surface area contributed by atoms with Crippen molar-refractivity contribution >= 4 is 49.6 Å². The minimum absolute atomic E-state index is 0.145. The highest BCUT2D eigenvalue weighted by atomic mass is 16.5. The number of fused-ring (bicyclic) bond motifs is 8. The van der Waals surface area contributed by atoms with Crippen LogP contribution >= 0.6 is 0 Å². The Bertz CT molecular complexity index is 3280. The Labute approximate surface area is 337 Å². The topological polar surface area (TPSA) is 17.4 Å². The molecule has 3 nitrogen and oxygen atoms in total. The molecular weight excluding hydrogens is 705 g/mol. The molecule has 0 saturated heterocycles. The number of nitrogens with zero attached hydrogens (tertiary/aromatic N) is 2. The molecule has 0 amide bonds. The summed E-state index contributed by atoms with van der Waals surface area (Å²) >= 11 is 0. The second-order valence-electron chi connectivity index (χ2n) is 16.1. The van der Waals surface area contributed by atoms with Gasteiger partial charge in [0.2, 0.25) is 0 Å². The zero-order valence-corrected chi connectivity index (χ0v) is 32.3. The lowest BCUT2D eigenvalue weighted by molar-refractivity contribution is 0.487. The lowest BCUT2D eigenvalue weighted by Crippen LogP contribution is -2.16. The van der Waals surface area contributed by atoms with Crippen LogP contribution in [0.2, 0.25) is 0 Å². The molecule has 2 heterocycles. The van der Waals surface area contributed by atoms with Gasteiger partial charge in [0.25, 0.3) is 0 Å². The number of benzene rings is 9. The summed E-state index contributed by atoms with van der Waals surface area (Å²) in [5.74, 6) is 1.77. The third kappa shape index (κ3) is 4.74. The fraction of sp³-hybridized carbons (Fsp3) is 0.0545. The molecule has 2 aliphatic rings. The Morgan fingerprint density at radius 2 is 1.07 bits per heavy atom. The van der Waals surface area contributed by atoms with Gasteiger partial charge in [-0.25, -0.2) is 0 Å². The van der Waals surface area contributed by atoms with Crippen LogP contribution < -0.4 is 9.64 Å². The quantitative estimate of drug-likeness (QED) is 0.175. The summed E-state index contributed by atoms with van der Waals surface area (Å²) in [5, 5.41) is 4.73. The minimum Gasteiger partial charge on any atom is -0.456 e. The summed E-state index contributed by atoms with van der Waals surface area (Å²) in [5.41, 5.74) is 16.7. The van der Waals surface area contributed by atoms with Crippen LogP contribution in [0.25, 0.3) is 71.6 Å². The van der Waals surface area contributed by atoms with Crippen molar-refractivity contribution in [2.45, 2.75) is 19.3 Å². The highest BCUT2D eigenvalue weighted by Crippen LogP contribution is 2.53. The van der Waals surface area contributed by atoms with Crippen LogP contribution in [0.3, 0.4) is 0 Å². The maximum atomic E-state index is 6.59. The predicted octanol–water partition coefficient (Wildman–Crippen LogP) is 15.2. The van der Waals surface area contributed by atoms with Gasteiger partial charge in [-0.3, -0.25) is 0 Å². The van der Waals surface area contributed by atoms with E-state index in [1.807, 2.05) is 6.07 Å². The van der Waals surface area contributed by atoms with Crippen LogP contribution in [0.4, 0.5) is 17.1 Å². The van der Waals surface area contributed by atoms with Crippen LogP contribution in [0, 0.1) is 0 Å². The highest BCUT2D eigenvalue weighted by Gasteiger charge is 2.36. The number of rotatable bonds is 5. The maximum Gasteiger partial charge on any atom is 0.135 e. The molecule has 0 fully saturated rings. The van der Waals surface area contributed by atoms with Crippen molar-refractivity contribution in [3.05, 3.63) is 205 Å². The van der Waals surface area contributed by atoms with Gasteiger partial charge in [0.15, 0.2) is 0 Å². The lowest BCUT2D eigenvalue weighted by atomic mass is 9.82. The first-order valence-corrected chi connectivity index (χ1v) is 20.1. The first-order valence-electron chi connectivity index (χ1n) is 20.1. The fourth-order valence-corrected chi connectivity index (χ4v) is 9.83. The van der Waals surface area contributed by atoms with E-state index in [1.165, 1.54) is 55.2 Å². The van der Waals surface area contributed by atoms with Crippen molar-refractivity contribution in [3.63, 3.8) is 0 Å². The van der Waals surface area contributed by atoms with E-state index in [-0.39, 0.29) is 5.41 Å². The monoisotopic (exact) mass is 742 g/mol. The number of aromatic nitrogens is 1. The lowest BCUT2D eigenvalue weighted by Gasteiger charge is -2.30. The molecule has 9 aromatic carbocycles. The van der Waals surface area contributed by atoms with Crippen molar-refractivity contribution in [1.82, 2.24) is 4.57 Å². The van der Waals surface area contributed by atoms with Gasteiger partial charge >= 0.3 is 0 Å². The summed E-state index contributed by atoms with van der Waals surface area (Å²) in [4.78, 5) is 2.46. The van der Waals surface area contributed by atoms with Crippen LogP contribution in [0.1, 0.15) is 25.0 Å². The SMILES string of the molecule is CC1(C)c2ccccc2-c2ccc(N(c3ccc4c5ccccc5n(-c5ccc(-c6ccccc6)cc5)c4c3)c3ccc4c5c(cccc35)Oc3ccccc3-4)cc21. The smallest absolute Gasteiger partial charge is 0.135 e. The van der Waals surface area contributed by atoms with E-state index in [2.05, 4.69) is 211 Å². The summed E-state index contributed by atoms with van der Waals surface area (Å²) in [6.07, 6.45) is 0. The van der Waals surface area contributed by atoms with Gasteiger partial charge in [0, 0.05) is 49.6 Å². The second kappa shape index (κ2) is 12.3. The molecule has 12 rings (SSSR count). The molecule has 274 valence electrons. The highest BCUT2D eigenvalue weighted by molar-refractivity contribution is 6.13. The van der Waals surface area contributed by atoms with Crippen LogP contribution in [-0.4, -0.2) is 4.57 Å². The van der Waals surface area contributed by atoms with E-state index in [1.54, 1.807) is 0 Å². The summed E-state index contributed by atoms with van der Waals surface area (Å²) in [6.45, 7) is 4.72. The summed E-state index contributed by atoms with van der Waals surface area (Å²) in [6, 6.07) is 70.7. The molecule has 1 aliphatic heterocycles. The standard InChI is InChI=1S/C55H38N2O/c1-55(2)47-19-9-6-15-40(47)41-29-27-38(33-48(41)55)56(50-32-31-45-44-17-8-11-21-52(44)58-53-22-12-18-46(50)54(45)53)39-28-30-43-42-16-7-10-20-49(42)57(51(43)34-39)37-25-23-36(24-26-37)35-13-4-3-5-14-35/h3-34H,1-2H3. The zero-order chi connectivity index (χ0) is 38.5. The van der Waals surface area contributed by atoms with Gasteiger partial charge in [-0.1, -0.05) is 147 Å². The average molecular weight is 743 g/mol. The van der Waals surface area contributed by atoms with Crippen molar-refractivity contribution in [2.75, 3.05) is 4.90 Å². The van der Waals surface area contributed by atoms with Crippen LogP contribution in [0.15, 0.2) is 194 Å². The van der Waals surface area contributed by atoms with E-state index in [0.717, 1.165) is 56.1 Å². The summed E-state index contributed by atoms with van der Waals surface area (Å²) in [7, 11) is 0.